The van der Waals surface area contributed by atoms with E-state index >= 15 is 0 Å². The van der Waals surface area contributed by atoms with Gasteiger partial charge in [0.15, 0.2) is 11.9 Å². The monoisotopic (exact) mass is 750 g/mol. The molecule has 16 heteroatoms. The molecule has 0 unspecified atom stereocenters. The Morgan fingerprint density at radius 1 is 0.900 bits per heavy atom. The molecule has 1 atom stereocenters. The molecule has 0 radical (unpaired) electrons. The van der Waals surface area contributed by atoms with Crippen LogP contribution in [0.25, 0.3) is 0 Å². The van der Waals surface area contributed by atoms with E-state index < -0.39 is 22.2 Å². The number of nitrogens with one attached hydrogen (secondary N) is 1. The summed E-state index contributed by atoms with van der Waals surface area (Å²) in [5, 5.41) is 13.2. The molecule has 6 rings (SSSR count). The van der Waals surface area contributed by atoms with Crippen LogP contribution >= 0.6 is 23.2 Å². The minimum Gasteiger partial charge on any atom is -0.505 e. The summed E-state index contributed by atoms with van der Waals surface area (Å²) in [5.74, 6) is -0.587. The fourth-order valence-corrected chi connectivity index (χ4v) is 8.84. The number of anilines is 1. The van der Waals surface area contributed by atoms with Crippen molar-refractivity contribution in [3.8, 4) is 5.75 Å². The summed E-state index contributed by atoms with van der Waals surface area (Å²) >= 11 is 12.4. The number of carbonyl (C=O) groups excluding carboxylic acids is 3. The molecule has 0 bridgehead atoms. The van der Waals surface area contributed by atoms with Gasteiger partial charge in [0.2, 0.25) is 10.0 Å². The molecule has 0 aromatic heterocycles. The first-order valence-electron chi connectivity index (χ1n) is 17.1. The van der Waals surface area contributed by atoms with Gasteiger partial charge in [0.1, 0.15) is 0 Å². The minimum atomic E-state index is -3.22. The quantitative estimate of drug-likeness (QED) is 0.435. The van der Waals surface area contributed by atoms with Crippen LogP contribution in [-0.4, -0.2) is 139 Å². The van der Waals surface area contributed by atoms with E-state index in [1.54, 1.807) is 9.80 Å². The molecule has 4 aliphatic rings. The lowest BCUT2D eigenvalue weighted by Gasteiger charge is -2.42. The average molecular weight is 752 g/mol. The Morgan fingerprint density at radius 3 is 2.14 bits per heavy atom. The highest BCUT2D eigenvalue weighted by Crippen LogP contribution is 2.34. The summed E-state index contributed by atoms with van der Waals surface area (Å²) < 4.78 is 31.3. The molecule has 272 valence electrons. The maximum atomic E-state index is 14.0. The number of benzene rings is 2. The van der Waals surface area contributed by atoms with Crippen LogP contribution in [0.2, 0.25) is 10.0 Å². The molecule has 0 saturated carbocycles. The second-order valence-corrected chi connectivity index (χ2v) is 16.3. The van der Waals surface area contributed by atoms with Gasteiger partial charge in [-0.15, -0.1) is 0 Å². The smallest absolute Gasteiger partial charge is 0.410 e. The number of urea groups is 1. The van der Waals surface area contributed by atoms with Gasteiger partial charge >= 0.3 is 12.1 Å². The topological polar surface area (TPSA) is 143 Å². The molecule has 4 aliphatic heterocycles. The number of para-hydroxylation sites is 1. The molecule has 3 saturated heterocycles. The molecule has 3 fully saturated rings. The lowest BCUT2D eigenvalue weighted by molar-refractivity contribution is -0.142. The number of nitrogens with zero attached hydrogens (tertiary/aromatic N) is 5. The van der Waals surface area contributed by atoms with Gasteiger partial charge in [-0.25, -0.2) is 18.0 Å². The van der Waals surface area contributed by atoms with Crippen molar-refractivity contribution in [2.24, 2.45) is 0 Å². The number of aromatic hydroxyl groups is 1. The molecular formula is C34H44Cl2N6O7S. The van der Waals surface area contributed by atoms with Gasteiger partial charge in [0.05, 0.1) is 16.3 Å². The number of fused-ring (bicyclic) bond motifs is 1. The number of likely N-dealkylation sites (tertiary alicyclic amines) is 2. The number of hydrogen-bond acceptors (Lipinski definition) is 8. The lowest BCUT2D eigenvalue weighted by Crippen LogP contribution is -2.55. The third-order valence-electron chi connectivity index (χ3n) is 10.4. The Kier molecular flexibility index (Phi) is 11.3. The molecule has 0 aliphatic carbocycles. The molecule has 0 spiro atoms. The van der Waals surface area contributed by atoms with Crippen molar-refractivity contribution in [2.75, 3.05) is 70.5 Å². The molecule has 13 nitrogen and oxygen atoms in total. The largest absolute Gasteiger partial charge is 0.505 e. The maximum Gasteiger partial charge on any atom is 0.410 e. The normalized spacial score (nSPS) is 20.9. The first-order valence-corrected chi connectivity index (χ1v) is 19.7. The molecule has 4 amide bonds. The predicted octanol–water partition coefficient (Wildman–Crippen LogP) is 3.87. The minimum absolute atomic E-state index is 0.0165. The number of carbonyl (C=O) groups is 3. The highest BCUT2D eigenvalue weighted by Gasteiger charge is 2.37. The van der Waals surface area contributed by atoms with E-state index in [2.05, 4.69) is 10.2 Å². The summed E-state index contributed by atoms with van der Waals surface area (Å²) in [5.41, 5.74) is 2.45. The summed E-state index contributed by atoms with van der Waals surface area (Å²) in [7, 11) is -3.22. The standard InChI is InChI=1S/C34H44Cl2N6O7S/c1-50(47,48)41-18-16-38(17-19-41)25-7-11-39(12-8-25)32(44)30(22-23-20-27(35)31(43)28(36)21-23)49-34(46)40-13-9-26(10-14-40)42-15-6-24-4-2-3-5-29(24)37-33(42)45/h2-5,20-21,25-26,30,43H,6-19,22H2,1H3,(H,37,45)/t30-/m1/s1. The van der Waals surface area contributed by atoms with E-state index in [4.69, 9.17) is 27.9 Å². The maximum absolute atomic E-state index is 14.0. The fraction of sp³-hybridized carbons (Fsp3) is 0.559. The SMILES string of the molecule is CS(=O)(=O)N1CCN(C2CCN(C(=O)[C@@H](Cc3cc(Cl)c(O)c(Cl)c3)OC(=O)N3CCC(N4CCc5ccccc5NC4=O)CC3)CC2)CC1. The number of amides is 4. The Hall–Kier alpha value is -3.30. The van der Waals surface area contributed by atoms with Gasteiger partial charge < -0.3 is 29.9 Å². The van der Waals surface area contributed by atoms with Crippen LogP contribution < -0.4 is 5.32 Å². The van der Waals surface area contributed by atoms with E-state index in [1.807, 2.05) is 29.2 Å². The van der Waals surface area contributed by atoms with Crippen LogP contribution in [0, 0.1) is 0 Å². The summed E-state index contributed by atoms with van der Waals surface area (Å²) in [6.45, 7) is 4.44. The Balaban J connectivity index is 1.07. The summed E-state index contributed by atoms with van der Waals surface area (Å²) in [6, 6.07) is 10.8. The van der Waals surface area contributed by atoms with E-state index in [9.17, 15) is 27.9 Å². The fourth-order valence-electron chi connectivity index (χ4n) is 7.48. The Labute approximate surface area is 303 Å². The highest BCUT2D eigenvalue weighted by atomic mass is 35.5. The van der Waals surface area contributed by atoms with E-state index in [0.717, 1.165) is 17.7 Å². The van der Waals surface area contributed by atoms with Gasteiger partial charge in [-0.3, -0.25) is 9.69 Å². The molecular weight excluding hydrogens is 707 g/mol. The van der Waals surface area contributed by atoms with Gasteiger partial charge in [-0.1, -0.05) is 41.4 Å². The third-order valence-corrected chi connectivity index (χ3v) is 12.2. The van der Waals surface area contributed by atoms with Gasteiger partial charge in [-0.05, 0) is 61.4 Å². The number of hydrogen-bond donors (Lipinski definition) is 2. The van der Waals surface area contributed by atoms with Crippen molar-refractivity contribution >= 4 is 56.9 Å². The highest BCUT2D eigenvalue weighted by molar-refractivity contribution is 7.88. The van der Waals surface area contributed by atoms with E-state index in [0.29, 0.717) is 90.1 Å². The number of sulfonamides is 1. The number of phenols is 1. The molecule has 2 aromatic carbocycles. The van der Waals surface area contributed by atoms with Crippen LogP contribution in [0.5, 0.6) is 5.75 Å². The third kappa shape index (κ3) is 8.42. The number of piperidine rings is 2. The second-order valence-electron chi connectivity index (χ2n) is 13.5. The van der Waals surface area contributed by atoms with E-state index in [-0.39, 0.29) is 46.2 Å². The predicted molar refractivity (Wildman–Crippen MR) is 190 cm³/mol. The van der Waals surface area contributed by atoms with Crippen LogP contribution in [0.15, 0.2) is 36.4 Å². The van der Waals surface area contributed by atoms with Crippen LogP contribution in [-0.2, 0) is 32.4 Å². The summed E-state index contributed by atoms with van der Waals surface area (Å²) in [4.78, 5) is 48.1. The second kappa shape index (κ2) is 15.5. The van der Waals surface area contributed by atoms with Gasteiger partial charge in [0.25, 0.3) is 5.91 Å². The van der Waals surface area contributed by atoms with Crippen molar-refractivity contribution in [1.29, 1.82) is 0 Å². The van der Waals surface area contributed by atoms with Gasteiger partial charge in [0, 0.05) is 83.1 Å². The van der Waals surface area contributed by atoms with Crippen molar-refractivity contribution < 1.29 is 32.6 Å². The molecule has 2 N–H and O–H groups in total. The Bertz CT molecular complexity index is 1670. The average Bonchev–Trinajstić information content (AvgIpc) is 3.27. The lowest BCUT2D eigenvalue weighted by atomic mass is 10.0. The number of phenolic OH excluding ortho intramolecular Hbond substituents is 1. The Morgan fingerprint density at radius 2 is 1.50 bits per heavy atom. The molecule has 50 heavy (non-hydrogen) atoms. The van der Waals surface area contributed by atoms with E-state index in [1.165, 1.54) is 22.7 Å². The van der Waals surface area contributed by atoms with Crippen molar-refractivity contribution in [3.63, 3.8) is 0 Å². The van der Waals surface area contributed by atoms with Crippen LogP contribution in [0.4, 0.5) is 15.3 Å². The van der Waals surface area contributed by atoms with Crippen LogP contribution in [0.1, 0.15) is 36.8 Å². The van der Waals surface area contributed by atoms with Gasteiger partial charge in [-0.2, -0.15) is 4.31 Å². The number of rotatable bonds is 7. The molecule has 4 heterocycles. The van der Waals surface area contributed by atoms with Crippen molar-refractivity contribution in [1.82, 2.24) is 23.9 Å². The summed E-state index contributed by atoms with van der Waals surface area (Å²) in [6.07, 6.45) is 2.81. The van der Waals surface area contributed by atoms with Crippen LogP contribution in [0.3, 0.4) is 0 Å². The number of halogens is 2. The van der Waals surface area contributed by atoms with Crippen molar-refractivity contribution in [3.05, 3.63) is 57.6 Å². The van der Waals surface area contributed by atoms with Crippen molar-refractivity contribution in [2.45, 2.75) is 56.7 Å². The number of ether oxygens (including phenoxy) is 1. The first-order chi connectivity index (χ1) is 23.9. The zero-order valence-electron chi connectivity index (χ0n) is 28.1. The molecule has 2 aromatic rings. The number of piperazine rings is 1. The first kappa shape index (κ1) is 36.5. The zero-order valence-corrected chi connectivity index (χ0v) is 30.4. The zero-order chi connectivity index (χ0) is 35.6.